The number of hydrogen-bond acceptors (Lipinski definition) is 16. The molecule has 0 saturated carbocycles. The fourth-order valence-corrected chi connectivity index (χ4v) is 12.6. The second-order valence-electron chi connectivity index (χ2n) is 16.9. The third kappa shape index (κ3) is 10.3. The van der Waals surface area contributed by atoms with Gasteiger partial charge in [-0.1, -0.05) is 30.7 Å². The van der Waals surface area contributed by atoms with E-state index in [1.165, 1.54) is 68.9 Å². The van der Waals surface area contributed by atoms with Crippen molar-refractivity contribution in [2.75, 3.05) is 30.3 Å². The molecule has 8 aromatic rings. The van der Waals surface area contributed by atoms with Crippen LogP contribution >= 0.6 is 22.9 Å². The largest absolute Gasteiger partial charge is 0.479 e. The first-order valence-electron chi connectivity index (χ1n) is 22.2. The summed E-state index contributed by atoms with van der Waals surface area (Å²) in [5.74, 6) is -3.84. The molecule has 0 fully saturated rings. The van der Waals surface area contributed by atoms with Gasteiger partial charge in [0.05, 0.1) is 81.1 Å². The molecule has 2 amide bonds. The van der Waals surface area contributed by atoms with Crippen molar-refractivity contribution < 1.29 is 40.7 Å². The standard InChI is InChI=1S/C48H45ClFN11O10S3/c1-25(21-59-23-54-37-11-8-29(14-34(37)46(59)65)31-16-39(26(2)52-19-31)57-73(67,68)48-27(3)56-28(4)72-48)45(64)58(6)61(74(69,70)42-13-10-33(50)18-36(42)49)40-17-32(20-53-44(40)71-7)30-9-12-38-35(15-30)47(66)60(24-55-38)22-41(62)43(63)51-5/h8-20,23-25,41,57,62H,21-22H2,1-7H3,(H,51,63). The SMILES string of the molecule is CNC(=O)C(O)Cn1cnc2ccc(-c3cnc(OC)c(N(N(C)C(=O)C(C)Cn4cnc5ccc(-c6cnc(C)c(NS(=O)(=O)c7sc(C)nc7C)c6)cc5c4=O)S(=O)(=O)c4ccc(F)cc4Cl)c3)cc2c1=O. The summed E-state index contributed by atoms with van der Waals surface area (Å²) in [6, 6.07) is 15.0. The first kappa shape index (κ1) is 52.6. The predicted octanol–water partition coefficient (Wildman–Crippen LogP) is 5.23. The number of aliphatic hydroxyl groups excluding tert-OH is 1. The minimum Gasteiger partial charge on any atom is -0.479 e. The Labute approximate surface area is 431 Å². The van der Waals surface area contributed by atoms with Crippen LogP contribution in [0.25, 0.3) is 44.1 Å². The fraction of sp³-hybridized carbons (Fsp3) is 0.229. The van der Waals surface area contributed by atoms with E-state index in [2.05, 4.69) is 35.0 Å². The summed E-state index contributed by atoms with van der Waals surface area (Å²) in [6.07, 6.45) is 3.74. The number of carbonyl (C=O) groups is 2. The summed E-state index contributed by atoms with van der Waals surface area (Å²) in [4.78, 5) is 75.7. The van der Waals surface area contributed by atoms with Crippen LogP contribution in [0.2, 0.25) is 5.02 Å². The van der Waals surface area contributed by atoms with E-state index in [0.29, 0.717) is 43.0 Å². The van der Waals surface area contributed by atoms with Crippen LogP contribution in [-0.2, 0) is 42.7 Å². The Bertz CT molecular complexity index is 3930. The molecule has 0 aliphatic rings. The summed E-state index contributed by atoms with van der Waals surface area (Å²) in [6.45, 7) is 5.71. The maximum absolute atomic E-state index is 14.9. The number of aliphatic hydroxyl groups is 1. The average Bonchev–Trinajstić information content (AvgIpc) is 3.73. The number of sulfonamides is 2. The van der Waals surface area contributed by atoms with Crippen molar-refractivity contribution in [1.82, 2.24) is 44.4 Å². The number of carbonyl (C=O) groups excluding carboxylic acids is 2. The summed E-state index contributed by atoms with van der Waals surface area (Å²) in [5.41, 5.74) is 1.57. The van der Waals surface area contributed by atoms with Gasteiger partial charge in [0.1, 0.15) is 16.4 Å². The molecule has 5 aromatic heterocycles. The number of likely N-dealkylation sites (N-methyl/N-ethyl adjacent to an activating group) is 1. The highest BCUT2D eigenvalue weighted by molar-refractivity contribution is 7.94. The number of halogens is 2. The monoisotopic (exact) mass is 1090 g/mol. The number of methoxy groups -OCH3 is 1. The second-order valence-corrected chi connectivity index (χ2v) is 22.1. The Morgan fingerprint density at radius 3 is 1.99 bits per heavy atom. The first-order valence-corrected chi connectivity index (χ1v) is 26.3. The molecular weight excluding hydrogens is 1040 g/mol. The van der Waals surface area contributed by atoms with Crippen molar-refractivity contribution in [3.8, 4) is 28.1 Å². The van der Waals surface area contributed by atoms with E-state index in [9.17, 15) is 45.5 Å². The van der Waals surface area contributed by atoms with Gasteiger partial charge in [0.2, 0.25) is 17.7 Å². The van der Waals surface area contributed by atoms with Crippen LogP contribution < -0.4 is 30.3 Å². The fourth-order valence-electron chi connectivity index (χ4n) is 8.02. The normalized spacial score (nSPS) is 12.6. The molecular formula is C48H45ClFN11O10S3. The van der Waals surface area contributed by atoms with Crippen molar-refractivity contribution in [2.24, 2.45) is 5.92 Å². The molecule has 0 saturated heterocycles. The van der Waals surface area contributed by atoms with Crippen LogP contribution in [0.5, 0.6) is 5.88 Å². The molecule has 5 heterocycles. The Morgan fingerprint density at radius 1 is 0.824 bits per heavy atom. The lowest BCUT2D eigenvalue weighted by atomic mass is 10.0. The Balaban J connectivity index is 1.14. The van der Waals surface area contributed by atoms with Crippen LogP contribution in [0.3, 0.4) is 0 Å². The number of pyridine rings is 2. The summed E-state index contributed by atoms with van der Waals surface area (Å²) < 4.78 is 82.0. The number of nitrogens with one attached hydrogen (secondary N) is 2. The van der Waals surface area contributed by atoms with Crippen molar-refractivity contribution in [3.63, 3.8) is 0 Å². The minimum absolute atomic E-state index is 0.0693. The maximum atomic E-state index is 14.9. The van der Waals surface area contributed by atoms with Gasteiger partial charge in [0, 0.05) is 44.2 Å². The average molecular weight is 1090 g/mol. The smallest absolute Gasteiger partial charge is 0.283 e. The van der Waals surface area contributed by atoms with Gasteiger partial charge < -0.3 is 15.2 Å². The third-order valence-electron chi connectivity index (χ3n) is 11.8. The highest BCUT2D eigenvalue weighted by atomic mass is 35.5. The molecule has 0 spiro atoms. The van der Waals surface area contributed by atoms with Crippen molar-refractivity contribution in [1.29, 1.82) is 0 Å². The number of nitrogens with zero attached hydrogens (tertiary/aromatic N) is 9. The lowest BCUT2D eigenvalue weighted by Gasteiger charge is -2.35. The molecule has 0 bridgehead atoms. The van der Waals surface area contributed by atoms with Gasteiger partial charge >= 0.3 is 0 Å². The summed E-state index contributed by atoms with van der Waals surface area (Å²) in [7, 11) is -5.28. The topological polar surface area (TPSA) is 271 Å². The minimum atomic E-state index is -4.98. The van der Waals surface area contributed by atoms with Crippen LogP contribution in [-0.4, -0.2) is 100 Å². The quantitative estimate of drug-likeness (QED) is 0.105. The molecule has 384 valence electrons. The molecule has 2 atom stereocenters. The van der Waals surface area contributed by atoms with Gasteiger partial charge in [-0.2, -0.15) is 12.8 Å². The van der Waals surface area contributed by atoms with Gasteiger partial charge in [-0.25, -0.2) is 37.8 Å². The Kier molecular flexibility index (Phi) is 14.7. The lowest BCUT2D eigenvalue weighted by molar-refractivity contribution is -0.133. The van der Waals surface area contributed by atoms with E-state index in [1.807, 2.05) is 0 Å². The summed E-state index contributed by atoms with van der Waals surface area (Å²) >= 11 is 7.41. The van der Waals surface area contributed by atoms with Gasteiger partial charge in [0.25, 0.3) is 31.2 Å². The van der Waals surface area contributed by atoms with E-state index in [-0.39, 0.29) is 49.9 Å². The maximum Gasteiger partial charge on any atom is 0.283 e. The second kappa shape index (κ2) is 20.7. The highest BCUT2D eigenvalue weighted by Crippen LogP contribution is 2.38. The van der Waals surface area contributed by atoms with Crippen LogP contribution in [0.15, 0.2) is 110 Å². The van der Waals surface area contributed by atoms with Crippen LogP contribution in [0.4, 0.5) is 15.8 Å². The molecule has 2 unspecified atom stereocenters. The predicted molar refractivity (Wildman–Crippen MR) is 275 cm³/mol. The number of aromatic nitrogens is 7. The number of hydrogen-bond donors (Lipinski definition) is 3. The molecule has 3 aromatic carbocycles. The Morgan fingerprint density at radius 2 is 1.42 bits per heavy atom. The molecule has 0 aliphatic carbocycles. The molecule has 3 N–H and O–H groups in total. The first-order chi connectivity index (χ1) is 35.0. The zero-order valence-corrected chi connectivity index (χ0v) is 43.6. The number of fused-ring (bicyclic) bond motifs is 2. The van der Waals surface area contributed by atoms with Crippen LogP contribution in [0.1, 0.15) is 23.3 Å². The number of rotatable bonds is 16. The molecule has 21 nitrogen and oxygen atoms in total. The zero-order valence-electron chi connectivity index (χ0n) is 40.4. The van der Waals surface area contributed by atoms with E-state index in [4.69, 9.17) is 16.3 Å². The number of aryl methyl sites for hydroxylation is 3. The van der Waals surface area contributed by atoms with Gasteiger partial charge in [-0.05, 0) is 86.5 Å². The van der Waals surface area contributed by atoms with E-state index in [0.717, 1.165) is 46.2 Å². The van der Waals surface area contributed by atoms with Crippen molar-refractivity contribution >= 4 is 88.0 Å². The van der Waals surface area contributed by atoms with Crippen molar-refractivity contribution in [3.05, 3.63) is 140 Å². The van der Waals surface area contributed by atoms with E-state index < -0.39 is 77.3 Å². The number of amides is 2. The van der Waals surface area contributed by atoms with E-state index >= 15 is 0 Å². The highest BCUT2D eigenvalue weighted by Gasteiger charge is 2.37. The molecule has 26 heteroatoms. The molecule has 74 heavy (non-hydrogen) atoms. The Hall–Kier alpha value is -7.71. The lowest BCUT2D eigenvalue weighted by Crippen LogP contribution is -2.50. The van der Waals surface area contributed by atoms with Crippen molar-refractivity contribution in [2.45, 2.75) is 56.0 Å². The van der Waals surface area contributed by atoms with Gasteiger partial charge in [-0.3, -0.25) is 38.0 Å². The molecule has 8 rings (SSSR count). The number of anilines is 2. The number of thiazole rings is 1. The zero-order chi connectivity index (χ0) is 53.6. The number of benzene rings is 3. The molecule has 0 radical (unpaired) electrons. The third-order valence-corrected chi connectivity index (χ3v) is 17.1. The van der Waals surface area contributed by atoms with Gasteiger partial charge in [-0.15, -0.1) is 11.3 Å². The van der Waals surface area contributed by atoms with E-state index in [1.54, 1.807) is 51.1 Å². The van der Waals surface area contributed by atoms with Crippen LogP contribution in [0, 0.1) is 32.5 Å². The number of ether oxygens (including phenoxy) is 1. The molecule has 0 aliphatic heterocycles. The van der Waals surface area contributed by atoms with Gasteiger partial charge in [0.15, 0.2) is 10.3 Å². The number of hydrazine groups is 1. The summed E-state index contributed by atoms with van der Waals surface area (Å²) in [5, 5.41) is 13.7.